The Balaban J connectivity index is 1.26. The van der Waals surface area contributed by atoms with Crippen LogP contribution in [0.25, 0.3) is 11.1 Å². The highest BCUT2D eigenvalue weighted by molar-refractivity contribution is 7.10. The van der Waals surface area contributed by atoms with E-state index in [4.69, 9.17) is 4.74 Å². The highest BCUT2D eigenvalue weighted by Gasteiger charge is 2.28. The number of nitrogens with one attached hydrogen (secondary N) is 1. The summed E-state index contributed by atoms with van der Waals surface area (Å²) in [4.78, 5) is 27.6. The first-order valence-electron chi connectivity index (χ1n) is 9.79. The Kier molecular flexibility index (Phi) is 6.29. The van der Waals surface area contributed by atoms with Crippen molar-refractivity contribution >= 4 is 23.4 Å². The second-order valence-electron chi connectivity index (χ2n) is 6.83. The molecule has 0 radical (unpaired) electrons. The van der Waals surface area contributed by atoms with Gasteiger partial charge in [0.25, 0.3) is 0 Å². The highest BCUT2D eigenvalue weighted by atomic mass is 32.1. The lowest BCUT2D eigenvalue weighted by atomic mass is 9.98. The Labute approximate surface area is 184 Å². The van der Waals surface area contributed by atoms with Crippen LogP contribution in [-0.2, 0) is 9.47 Å². The molecule has 0 fully saturated rings. The number of aromatic nitrogens is 1. The number of hydrogen-bond acceptors (Lipinski definition) is 6. The van der Waals surface area contributed by atoms with Crippen molar-refractivity contribution in [1.29, 1.82) is 0 Å². The molecule has 1 N–H and O–H groups in total. The van der Waals surface area contributed by atoms with Gasteiger partial charge in [0.2, 0.25) is 0 Å². The third kappa shape index (κ3) is 4.60. The molecule has 4 rings (SSSR count). The molecule has 0 atom stereocenters. The molecule has 1 aliphatic carbocycles. The van der Waals surface area contributed by atoms with Crippen LogP contribution in [0.5, 0.6) is 0 Å². The van der Waals surface area contributed by atoms with Crippen LogP contribution < -0.4 is 5.32 Å². The fraction of sp³-hybridized carbons (Fsp3) is 0.208. The minimum atomic E-state index is -0.485. The zero-order valence-electron chi connectivity index (χ0n) is 16.9. The van der Waals surface area contributed by atoms with Gasteiger partial charge in [0, 0.05) is 24.3 Å². The van der Waals surface area contributed by atoms with Crippen molar-refractivity contribution in [2.75, 3.05) is 20.3 Å². The number of nitrogens with zero attached hydrogens (tertiary/aromatic N) is 1. The van der Waals surface area contributed by atoms with Gasteiger partial charge in [-0.05, 0) is 28.2 Å². The standard InChI is InChI=1S/C24H20N2O4S/c1-29-23(27)21-15-31-22(26-21)12-6-7-13-25-24(28)30-14-20-18-10-4-2-8-16(18)17-9-3-5-11-19(17)20/h2-5,8-11,15,20H,7,13-14H2,1H3,(H,25,28). The summed E-state index contributed by atoms with van der Waals surface area (Å²) in [6, 6.07) is 16.4. The van der Waals surface area contributed by atoms with Gasteiger partial charge in [-0.15, -0.1) is 11.3 Å². The van der Waals surface area contributed by atoms with Gasteiger partial charge in [-0.25, -0.2) is 14.6 Å². The van der Waals surface area contributed by atoms with Crippen LogP contribution in [0.4, 0.5) is 4.79 Å². The van der Waals surface area contributed by atoms with Gasteiger partial charge < -0.3 is 14.8 Å². The summed E-state index contributed by atoms with van der Waals surface area (Å²) in [6.07, 6.45) is -0.0250. The molecule has 0 aliphatic heterocycles. The molecule has 1 aliphatic rings. The maximum atomic E-state index is 12.1. The van der Waals surface area contributed by atoms with Crippen LogP contribution in [0.15, 0.2) is 53.9 Å². The van der Waals surface area contributed by atoms with Crippen molar-refractivity contribution in [3.05, 3.63) is 75.7 Å². The molecule has 3 aromatic rings. The summed E-state index contributed by atoms with van der Waals surface area (Å²) in [6.45, 7) is 0.639. The second kappa shape index (κ2) is 9.45. The lowest BCUT2D eigenvalue weighted by Crippen LogP contribution is -2.26. The Hall–Kier alpha value is -3.63. The molecule has 6 nitrogen and oxygen atoms in total. The zero-order valence-corrected chi connectivity index (χ0v) is 17.7. The summed E-state index contributed by atoms with van der Waals surface area (Å²) >= 11 is 1.27. The molecule has 2 aromatic carbocycles. The molecule has 1 heterocycles. The highest BCUT2D eigenvalue weighted by Crippen LogP contribution is 2.44. The van der Waals surface area contributed by atoms with E-state index in [1.807, 2.05) is 24.3 Å². The largest absolute Gasteiger partial charge is 0.464 e. The first kappa shape index (κ1) is 20.6. The molecule has 0 saturated heterocycles. The number of thiazole rings is 1. The molecule has 0 bridgehead atoms. The predicted octanol–water partition coefficient (Wildman–Crippen LogP) is 4.21. The Morgan fingerprint density at radius 3 is 2.45 bits per heavy atom. The Morgan fingerprint density at radius 2 is 1.77 bits per heavy atom. The van der Waals surface area contributed by atoms with E-state index in [1.54, 1.807) is 5.38 Å². The van der Waals surface area contributed by atoms with E-state index >= 15 is 0 Å². The van der Waals surface area contributed by atoms with Crippen LogP contribution in [0.2, 0.25) is 0 Å². The predicted molar refractivity (Wildman–Crippen MR) is 118 cm³/mol. The molecular formula is C24H20N2O4S. The molecule has 0 unspecified atom stereocenters. The number of alkyl carbamates (subject to hydrolysis) is 1. The number of hydrogen-bond donors (Lipinski definition) is 1. The van der Waals surface area contributed by atoms with Crippen LogP contribution >= 0.6 is 11.3 Å². The molecule has 1 amide bonds. The molecule has 0 spiro atoms. The third-order valence-corrected chi connectivity index (χ3v) is 5.71. The van der Waals surface area contributed by atoms with Gasteiger partial charge in [0.15, 0.2) is 10.7 Å². The number of rotatable bonds is 5. The lowest BCUT2D eigenvalue weighted by Gasteiger charge is -2.14. The van der Waals surface area contributed by atoms with Crippen molar-refractivity contribution in [3.8, 4) is 23.0 Å². The van der Waals surface area contributed by atoms with E-state index < -0.39 is 12.1 Å². The zero-order chi connectivity index (χ0) is 21.6. The number of benzene rings is 2. The summed E-state index contributed by atoms with van der Waals surface area (Å²) < 4.78 is 10.1. The molecule has 31 heavy (non-hydrogen) atoms. The van der Waals surface area contributed by atoms with Crippen LogP contribution in [0.1, 0.15) is 39.0 Å². The van der Waals surface area contributed by atoms with Gasteiger partial charge >= 0.3 is 12.1 Å². The van der Waals surface area contributed by atoms with Gasteiger partial charge in [0.05, 0.1) is 7.11 Å². The third-order valence-electron chi connectivity index (χ3n) is 4.96. The average Bonchev–Trinajstić information content (AvgIpc) is 3.40. The molecule has 1 aromatic heterocycles. The number of ether oxygens (including phenoxy) is 2. The van der Waals surface area contributed by atoms with E-state index in [-0.39, 0.29) is 18.2 Å². The second-order valence-corrected chi connectivity index (χ2v) is 7.69. The van der Waals surface area contributed by atoms with Gasteiger partial charge in [0.1, 0.15) is 6.61 Å². The Morgan fingerprint density at radius 1 is 1.10 bits per heavy atom. The topological polar surface area (TPSA) is 77.5 Å². The normalized spacial score (nSPS) is 11.6. The van der Waals surface area contributed by atoms with Crippen molar-refractivity contribution in [2.24, 2.45) is 0 Å². The summed E-state index contributed by atoms with van der Waals surface area (Å²) in [5.41, 5.74) is 4.99. The quantitative estimate of drug-likeness (QED) is 0.371. The fourth-order valence-corrected chi connectivity index (χ4v) is 4.20. The first-order valence-corrected chi connectivity index (χ1v) is 10.7. The minimum Gasteiger partial charge on any atom is -0.464 e. The number of fused-ring (bicyclic) bond motifs is 3. The first-order chi connectivity index (χ1) is 15.2. The van der Waals surface area contributed by atoms with Crippen molar-refractivity contribution in [3.63, 3.8) is 0 Å². The summed E-state index contributed by atoms with van der Waals surface area (Å²) in [5.74, 6) is 5.35. The maximum absolute atomic E-state index is 12.1. The van der Waals surface area contributed by atoms with Crippen LogP contribution in [0.3, 0.4) is 0 Å². The van der Waals surface area contributed by atoms with Gasteiger partial charge in [-0.2, -0.15) is 0 Å². The smallest absolute Gasteiger partial charge is 0.407 e. The SMILES string of the molecule is COC(=O)c1csc(C#CCCNC(=O)OCC2c3ccccc3-c3ccccc32)n1. The average molecular weight is 433 g/mol. The van der Waals surface area contributed by atoms with E-state index in [0.29, 0.717) is 18.0 Å². The van der Waals surface area contributed by atoms with Crippen molar-refractivity contribution in [2.45, 2.75) is 12.3 Å². The number of carbonyl (C=O) groups is 2. The molecule has 156 valence electrons. The molecular weight excluding hydrogens is 412 g/mol. The molecule has 0 saturated carbocycles. The summed E-state index contributed by atoms with van der Waals surface area (Å²) in [7, 11) is 1.31. The maximum Gasteiger partial charge on any atom is 0.407 e. The van der Waals surface area contributed by atoms with Gasteiger partial charge in [-0.3, -0.25) is 0 Å². The number of amides is 1. The lowest BCUT2D eigenvalue weighted by molar-refractivity contribution is 0.0595. The molecule has 7 heteroatoms. The number of esters is 1. The van der Waals surface area contributed by atoms with E-state index in [2.05, 4.69) is 51.1 Å². The van der Waals surface area contributed by atoms with Crippen LogP contribution in [-0.4, -0.2) is 37.3 Å². The van der Waals surface area contributed by atoms with Crippen LogP contribution in [0, 0.1) is 11.8 Å². The van der Waals surface area contributed by atoms with E-state index in [1.165, 1.54) is 40.7 Å². The number of methoxy groups -OCH3 is 1. The minimum absolute atomic E-state index is 0.0341. The summed E-state index contributed by atoms with van der Waals surface area (Å²) in [5, 5.41) is 4.85. The van der Waals surface area contributed by atoms with Crippen molar-refractivity contribution in [1.82, 2.24) is 10.3 Å². The number of carbonyl (C=O) groups excluding carboxylic acids is 2. The Bertz CT molecular complexity index is 1130. The monoisotopic (exact) mass is 432 g/mol. The van der Waals surface area contributed by atoms with E-state index in [0.717, 1.165) is 0 Å². The van der Waals surface area contributed by atoms with Crippen molar-refractivity contribution < 1.29 is 19.1 Å². The van der Waals surface area contributed by atoms with Gasteiger partial charge in [-0.1, -0.05) is 54.5 Å². The van der Waals surface area contributed by atoms with E-state index in [9.17, 15) is 9.59 Å². The fourth-order valence-electron chi connectivity index (χ4n) is 3.54.